The monoisotopic (exact) mass is 351 g/mol. The van der Waals surface area contributed by atoms with Crippen molar-refractivity contribution in [2.75, 3.05) is 26.3 Å². The molecule has 0 radical (unpaired) electrons. The number of amides is 1. The molecule has 0 unspecified atom stereocenters. The van der Waals surface area contributed by atoms with Crippen molar-refractivity contribution in [1.82, 2.24) is 5.32 Å². The molecule has 1 aromatic rings. The highest BCUT2D eigenvalue weighted by Crippen LogP contribution is 2.28. The lowest BCUT2D eigenvalue weighted by molar-refractivity contribution is -0.934. The van der Waals surface area contributed by atoms with E-state index in [-0.39, 0.29) is 5.91 Å². The Balaban J connectivity index is 2.15. The van der Waals surface area contributed by atoms with Crippen molar-refractivity contribution in [3.8, 4) is 0 Å². The molecule has 21 heavy (non-hydrogen) atoms. The van der Waals surface area contributed by atoms with Gasteiger partial charge in [0.15, 0.2) is 0 Å². The van der Waals surface area contributed by atoms with Crippen LogP contribution in [0.15, 0.2) is 24.3 Å². The predicted octanol–water partition coefficient (Wildman–Crippen LogP) is 1.34. The topological polar surface area (TPSA) is 42.8 Å². The SMILES string of the molecule is Cc1ccccc1C(=O)N[C@H]([NH+]1CCOCC1)C(Cl)(Cl)Cl. The maximum absolute atomic E-state index is 12.4. The molecule has 2 N–H and O–H groups in total. The summed E-state index contributed by atoms with van der Waals surface area (Å²) >= 11 is 18.2. The second kappa shape index (κ2) is 7.16. The fourth-order valence-corrected chi connectivity index (χ4v) is 3.00. The van der Waals surface area contributed by atoms with Gasteiger partial charge < -0.3 is 9.64 Å². The van der Waals surface area contributed by atoms with Crippen LogP contribution < -0.4 is 10.2 Å². The van der Waals surface area contributed by atoms with Crippen LogP contribution in [-0.4, -0.2) is 42.2 Å². The van der Waals surface area contributed by atoms with E-state index in [0.29, 0.717) is 31.9 Å². The maximum Gasteiger partial charge on any atom is 0.262 e. The number of hydrogen-bond donors (Lipinski definition) is 2. The second-order valence-corrected chi connectivity index (χ2v) is 7.40. The number of nitrogens with one attached hydrogen (secondary N) is 2. The van der Waals surface area contributed by atoms with Crippen molar-refractivity contribution in [3.05, 3.63) is 35.4 Å². The van der Waals surface area contributed by atoms with Gasteiger partial charge in [0.25, 0.3) is 9.70 Å². The summed E-state index contributed by atoms with van der Waals surface area (Å²) in [5.41, 5.74) is 1.47. The first kappa shape index (κ1) is 16.8. The lowest BCUT2D eigenvalue weighted by Gasteiger charge is -2.35. The van der Waals surface area contributed by atoms with E-state index in [1.165, 1.54) is 0 Å². The Kier molecular flexibility index (Phi) is 5.74. The average Bonchev–Trinajstić information content (AvgIpc) is 2.44. The molecule has 1 amide bonds. The summed E-state index contributed by atoms with van der Waals surface area (Å²) in [6, 6.07) is 7.33. The van der Waals surface area contributed by atoms with Crippen molar-refractivity contribution in [3.63, 3.8) is 0 Å². The first-order valence-electron chi connectivity index (χ1n) is 6.75. The Hall–Kier alpha value is -0.520. The molecular formula is C14H18Cl3N2O2+. The van der Waals surface area contributed by atoms with Crippen LogP contribution in [0.4, 0.5) is 0 Å². The van der Waals surface area contributed by atoms with Crippen molar-refractivity contribution in [2.45, 2.75) is 16.9 Å². The Morgan fingerprint density at radius 2 is 1.90 bits per heavy atom. The van der Waals surface area contributed by atoms with Crippen LogP contribution in [0, 0.1) is 6.92 Å². The summed E-state index contributed by atoms with van der Waals surface area (Å²) in [5.74, 6) is -0.233. The van der Waals surface area contributed by atoms with E-state index in [9.17, 15) is 4.79 Å². The average molecular weight is 353 g/mol. The van der Waals surface area contributed by atoms with Crippen LogP contribution in [0.5, 0.6) is 0 Å². The van der Waals surface area contributed by atoms with Gasteiger partial charge in [-0.3, -0.25) is 10.1 Å². The van der Waals surface area contributed by atoms with Crippen LogP contribution in [-0.2, 0) is 4.74 Å². The van der Waals surface area contributed by atoms with Gasteiger partial charge in [0.1, 0.15) is 13.1 Å². The third-order valence-electron chi connectivity index (χ3n) is 3.54. The summed E-state index contributed by atoms with van der Waals surface area (Å²) in [7, 11) is 0. The number of halogens is 3. The summed E-state index contributed by atoms with van der Waals surface area (Å²) in [6.07, 6.45) is -0.612. The smallest absolute Gasteiger partial charge is 0.262 e. The molecule has 0 saturated carbocycles. The number of carbonyl (C=O) groups is 1. The fourth-order valence-electron chi connectivity index (χ4n) is 2.37. The molecule has 1 aliphatic heterocycles. The second-order valence-electron chi connectivity index (χ2n) is 5.03. The van der Waals surface area contributed by atoms with Crippen LogP contribution in [0.25, 0.3) is 0 Å². The van der Waals surface area contributed by atoms with Gasteiger partial charge in [-0.25, -0.2) is 0 Å². The van der Waals surface area contributed by atoms with Gasteiger partial charge in [-0.05, 0) is 18.6 Å². The number of benzene rings is 1. The first-order chi connectivity index (χ1) is 9.89. The molecule has 2 rings (SSSR count). The molecule has 4 nitrogen and oxygen atoms in total. The summed E-state index contributed by atoms with van der Waals surface area (Å²) in [5, 5.41) is 2.86. The Morgan fingerprint density at radius 1 is 1.29 bits per heavy atom. The molecule has 1 saturated heterocycles. The van der Waals surface area contributed by atoms with Gasteiger partial charge in [-0.1, -0.05) is 53.0 Å². The van der Waals surface area contributed by atoms with Crippen LogP contribution in [0.2, 0.25) is 0 Å². The number of aryl methyl sites for hydroxylation is 1. The van der Waals surface area contributed by atoms with Crippen LogP contribution in [0.3, 0.4) is 0 Å². The normalized spacial score (nSPS) is 18.3. The minimum Gasteiger partial charge on any atom is -0.370 e. The minimum absolute atomic E-state index is 0.233. The molecule has 1 heterocycles. The van der Waals surface area contributed by atoms with Crippen molar-refractivity contribution < 1.29 is 14.4 Å². The molecule has 116 valence electrons. The molecule has 0 aromatic heterocycles. The van der Waals surface area contributed by atoms with Gasteiger partial charge in [-0.2, -0.15) is 0 Å². The largest absolute Gasteiger partial charge is 0.370 e. The molecule has 7 heteroatoms. The number of carbonyl (C=O) groups excluding carboxylic acids is 1. The van der Waals surface area contributed by atoms with E-state index >= 15 is 0 Å². The summed E-state index contributed by atoms with van der Waals surface area (Å²) in [4.78, 5) is 13.4. The number of ether oxygens (including phenoxy) is 1. The highest BCUT2D eigenvalue weighted by molar-refractivity contribution is 6.68. The zero-order valence-corrected chi connectivity index (χ0v) is 13.9. The molecule has 1 aliphatic rings. The van der Waals surface area contributed by atoms with E-state index in [1.807, 2.05) is 25.1 Å². The Bertz CT molecular complexity index is 499. The summed E-state index contributed by atoms with van der Waals surface area (Å²) in [6.45, 7) is 4.43. The predicted molar refractivity (Wildman–Crippen MR) is 84.2 cm³/mol. The number of morpholine rings is 1. The van der Waals surface area contributed by atoms with Gasteiger partial charge in [-0.15, -0.1) is 0 Å². The van der Waals surface area contributed by atoms with Gasteiger partial charge in [0.05, 0.1) is 13.2 Å². The van der Waals surface area contributed by atoms with Gasteiger partial charge >= 0.3 is 0 Å². The fraction of sp³-hybridized carbons (Fsp3) is 0.500. The highest BCUT2D eigenvalue weighted by Gasteiger charge is 2.42. The Labute approximate surface area is 139 Å². The van der Waals surface area contributed by atoms with E-state index in [1.54, 1.807) is 6.07 Å². The van der Waals surface area contributed by atoms with Crippen LogP contribution >= 0.6 is 34.8 Å². The molecular weight excluding hydrogens is 335 g/mol. The van der Waals surface area contributed by atoms with Gasteiger partial charge in [0.2, 0.25) is 6.17 Å². The number of quaternary nitrogens is 1. The highest BCUT2D eigenvalue weighted by atomic mass is 35.6. The van der Waals surface area contributed by atoms with E-state index in [4.69, 9.17) is 39.5 Å². The van der Waals surface area contributed by atoms with Crippen molar-refractivity contribution >= 4 is 40.7 Å². The maximum atomic E-state index is 12.4. The molecule has 0 bridgehead atoms. The van der Waals surface area contributed by atoms with Gasteiger partial charge in [0, 0.05) is 5.56 Å². The van der Waals surface area contributed by atoms with E-state index in [0.717, 1.165) is 10.5 Å². The molecule has 1 atom stereocenters. The number of hydrogen-bond acceptors (Lipinski definition) is 2. The molecule has 0 spiro atoms. The molecule has 1 fully saturated rings. The number of rotatable bonds is 3. The van der Waals surface area contributed by atoms with Crippen molar-refractivity contribution in [2.24, 2.45) is 0 Å². The van der Waals surface area contributed by atoms with E-state index < -0.39 is 9.96 Å². The molecule has 1 aromatic carbocycles. The quantitative estimate of drug-likeness (QED) is 0.806. The zero-order chi connectivity index (χ0) is 15.5. The van der Waals surface area contributed by atoms with Crippen LogP contribution in [0.1, 0.15) is 15.9 Å². The summed E-state index contributed by atoms with van der Waals surface area (Å²) < 4.78 is 3.73. The third kappa shape index (κ3) is 4.47. The van der Waals surface area contributed by atoms with Crippen molar-refractivity contribution in [1.29, 1.82) is 0 Å². The van der Waals surface area contributed by atoms with E-state index in [2.05, 4.69) is 5.32 Å². The minimum atomic E-state index is -1.58. The lowest BCUT2D eigenvalue weighted by atomic mass is 10.1. The zero-order valence-electron chi connectivity index (χ0n) is 11.7. The standard InChI is InChI=1S/C14H17Cl3N2O2/c1-10-4-2-3-5-11(10)12(20)18-13(14(15,16)17)19-6-8-21-9-7-19/h2-5,13H,6-9H2,1H3,(H,18,20)/p+1/t13-/m1/s1. The molecule has 0 aliphatic carbocycles. The number of alkyl halides is 3. The Morgan fingerprint density at radius 3 is 2.48 bits per heavy atom. The first-order valence-corrected chi connectivity index (χ1v) is 7.88. The third-order valence-corrected chi connectivity index (χ3v) is 4.19. The lowest BCUT2D eigenvalue weighted by Crippen LogP contribution is -3.21.